The van der Waals surface area contributed by atoms with Crippen LogP contribution in [0.1, 0.15) is 11.6 Å². The number of hydrogen-bond donors (Lipinski definition) is 1. The van der Waals surface area contributed by atoms with Crippen LogP contribution in [0.15, 0.2) is 28.7 Å². The maximum atomic E-state index is 5.56. The Morgan fingerprint density at radius 3 is 2.95 bits per heavy atom. The van der Waals surface area contributed by atoms with E-state index in [1.54, 1.807) is 0 Å². The van der Waals surface area contributed by atoms with Crippen molar-refractivity contribution in [3.63, 3.8) is 0 Å². The molecule has 2 heterocycles. The largest absolute Gasteiger partial charge is 0.441 e. The Kier molecular flexibility index (Phi) is 2.83. The van der Waals surface area contributed by atoms with Gasteiger partial charge < -0.3 is 10.2 Å². The molecular weight excluding hydrogens is 240 g/mol. The van der Waals surface area contributed by atoms with Crippen LogP contribution in [0.3, 0.4) is 0 Å². The van der Waals surface area contributed by atoms with Crippen molar-refractivity contribution < 1.29 is 4.42 Å². The zero-order valence-corrected chi connectivity index (χ0v) is 11.1. The molecule has 19 heavy (non-hydrogen) atoms. The van der Waals surface area contributed by atoms with Gasteiger partial charge in [-0.1, -0.05) is 0 Å². The van der Waals surface area contributed by atoms with E-state index in [-0.39, 0.29) is 0 Å². The molecule has 0 spiro atoms. The van der Waals surface area contributed by atoms with Crippen LogP contribution in [-0.4, -0.2) is 21.3 Å². The summed E-state index contributed by atoms with van der Waals surface area (Å²) in [7, 11) is 1.94. The molecule has 0 aliphatic heterocycles. The van der Waals surface area contributed by atoms with Gasteiger partial charge in [0.15, 0.2) is 11.5 Å². The minimum absolute atomic E-state index is 0.609. The second-order valence-corrected chi connectivity index (χ2v) is 4.60. The van der Waals surface area contributed by atoms with Gasteiger partial charge in [-0.3, -0.25) is 4.68 Å². The number of aryl methyl sites for hydroxylation is 2. The van der Waals surface area contributed by atoms with Crippen molar-refractivity contribution >= 4 is 11.1 Å². The van der Waals surface area contributed by atoms with Gasteiger partial charge in [0, 0.05) is 26.0 Å². The Hall–Kier alpha value is -2.14. The number of hydrogen-bond acceptors (Lipinski definition) is 4. The fourth-order valence-corrected chi connectivity index (χ4v) is 2.27. The van der Waals surface area contributed by atoms with E-state index in [2.05, 4.69) is 16.1 Å². The highest BCUT2D eigenvalue weighted by atomic mass is 16.3. The summed E-state index contributed by atoms with van der Waals surface area (Å²) in [4.78, 5) is 4.36. The minimum atomic E-state index is 0.609. The molecule has 0 aliphatic rings. The fourth-order valence-electron chi connectivity index (χ4n) is 2.27. The molecule has 3 aromatic rings. The van der Waals surface area contributed by atoms with Crippen LogP contribution in [0, 0.1) is 6.92 Å². The van der Waals surface area contributed by atoms with Gasteiger partial charge in [-0.05, 0) is 30.8 Å². The second kappa shape index (κ2) is 4.51. The summed E-state index contributed by atoms with van der Waals surface area (Å²) in [6, 6.07) is 8.06. The van der Waals surface area contributed by atoms with Gasteiger partial charge in [0.2, 0.25) is 0 Å². The van der Waals surface area contributed by atoms with E-state index in [0.717, 1.165) is 34.5 Å². The highest BCUT2D eigenvalue weighted by molar-refractivity contribution is 5.79. The number of rotatable bonds is 3. The van der Waals surface area contributed by atoms with Crippen LogP contribution in [0.2, 0.25) is 0 Å². The van der Waals surface area contributed by atoms with Crippen molar-refractivity contribution in [2.24, 2.45) is 12.8 Å². The van der Waals surface area contributed by atoms with Crippen molar-refractivity contribution in [1.29, 1.82) is 0 Å². The molecule has 0 bridgehead atoms. The highest BCUT2D eigenvalue weighted by Crippen LogP contribution is 2.25. The lowest BCUT2D eigenvalue weighted by molar-refractivity contribution is 0.561. The van der Waals surface area contributed by atoms with Crippen LogP contribution < -0.4 is 5.73 Å². The molecule has 0 saturated heterocycles. The third-order valence-electron chi connectivity index (χ3n) is 3.12. The molecule has 3 rings (SSSR count). The van der Waals surface area contributed by atoms with Crippen molar-refractivity contribution in [1.82, 2.24) is 14.8 Å². The van der Waals surface area contributed by atoms with Crippen LogP contribution in [0.5, 0.6) is 0 Å². The molecule has 0 fully saturated rings. The van der Waals surface area contributed by atoms with E-state index in [9.17, 15) is 0 Å². The van der Waals surface area contributed by atoms with Gasteiger partial charge in [-0.2, -0.15) is 5.10 Å². The second-order valence-electron chi connectivity index (χ2n) is 4.60. The van der Waals surface area contributed by atoms with Gasteiger partial charge >= 0.3 is 0 Å². The Morgan fingerprint density at radius 1 is 1.32 bits per heavy atom. The lowest BCUT2D eigenvalue weighted by atomic mass is 10.1. The summed E-state index contributed by atoms with van der Waals surface area (Å²) in [6.07, 6.45) is 0.791. The molecule has 2 N–H and O–H groups in total. The van der Waals surface area contributed by atoms with Crippen LogP contribution in [-0.2, 0) is 13.5 Å². The zero-order chi connectivity index (χ0) is 13.4. The molecular formula is C14H16N4O. The van der Waals surface area contributed by atoms with Crippen molar-refractivity contribution in [2.75, 3.05) is 6.54 Å². The normalized spacial score (nSPS) is 11.3. The molecule has 2 aromatic heterocycles. The maximum absolute atomic E-state index is 5.56. The first kappa shape index (κ1) is 11.9. The van der Waals surface area contributed by atoms with Crippen molar-refractivity contribution in [3.05, 3.63) is 35.9 Å². The van der Waals surface area contributed by atoms with Gasteiger partial charge in [-0.25, -0.2) is 4.98 Å². The number of aromatic nitrogens is 3. The molecule has 5 heteroatoms. The van der Waals surface area contributed by atoms with Crippen molar-refractivity contribution in [2.45, 2.75) is 13.3 Å². The van der Waals surface area contributed by atoms with Gasteiger partial charge in [-0.15, -0.1) is 0 Å². The van der Waals surface area contributed by atoms with Crippen LogP contribution in [0.25, 0.3) is 22.4 Å². The van der Waals surface area contributed by atoms with Crippen LogP contribution in [0.4, 0.5) is 0 Å². The molecule has 0 radical (unpaired) electrons. The Balaban J connectivity index is 2.07. The third kappa shape index (κ3) is 2.13. The summed E-state index contributed by atoms with van der Waals surface area (Å²) < 4.78 is 7.36. The quantitative estimate of drug-likeness (QED) is 0.778. The first-order chi connectivity index (χ1) is 9.17. The first-order valence-corrected chi connectivity index (χ1v) is 6.28. The summed E-state index contributed by atoms with van der Waals surface area (Å²) in [5, 5.41) is 4.45. The molecule has 0 aliphatic carbocycles. The Morgan fingerprint density at radius 2 is 2.16 bits per heavy atom. The van der Waals surface area contributed by atoms with E-state index in [1.807, 2.05) is 36.9 Å². The molecule has 0 amide bonds. The van der Waals surface area contributed by atoms with E-state index in [0.29, 0.717) is 12.4 Å². The number of oxazole rings is 1. The summed E-state index contributed by atoms with van der Waals surface area (Å²) in [5.74, 6) is 0.681. The van der Waals surface area contributed by atoms with E-state index in [1.165, 1.54) is 0 Å². The molecule has 98 valence electrons. The molecule has 5 nitrogen and oxygen atoms in total. The molecule has 0 unspecified atom stereocenters. The number of benzene rings is 1. The Bertz CT molecular complexity index is 726. The maximum Gasteiger partial charge on any atom is 0.192 e. The first-order valence-electron chi connectivity index (χ1n) is 6.28. The standard InChI is InChI=1S/C14H16N4O/c1-9-16-12-7-10(3-4-14(12)19-9)13-8-11(5-6-15)17-18(13)2/h3-4,7-8H,5-6,15H2,1-2H3. The number of fused-ring (bicyclic) bond motifs is 1. The molecule has 0 saturated carbocycles. The summed E-state index contributed by atoms with van der Waals surface area (Å²) in [6.45, 7) is 2.46. The van der Waals surface area contributed by atoms with Crippen LogP contribution >= 0.6 is 0 Å². The molecule has 1 aromatic carbocycles. The van der Waals surface area contributed by atoms with E-state index in [4.69, 9.17) is 10.2 Å². The smallest absolute Gasteiger partial charge is 0.192 e. The average Bonchev–Trinajstić information content (AvgIpc) is 2.90. The highest BCUT2D eigenvalue weighted by Gasteiger charge is 2.09. The fraction of sp³-hybridized carbons (Fsp3) is 0.286. The van der Waals surface area contributed by atoms with E-state index < -0.39 is 0 Å². The topological polar surface area (TPSA) is 69.9 Å². The lowest BCUT2D eigenvalue weighted by Gasteiger charge is -2.00. The molecule has 0 atom stereocenters. The number of nitrogens with two attached hydrogens (primary N) is 1. The number of nitrogens with zero attached hydrogens (tertiary/aromatic N) is 3. The minimum Gasteiger partial charge on any atom is -0.441 e. The lowest BCUT2D eigenvalue weighted by Crippen LogP contribution is -2.03. The zero-order valence-electron chi connectivity index (χ0n) is 11.1. The SMILES string of the molecule is Cc1nc2cc(-c3cc(CCN)nn3C)ccc2o1. The van der Waals surface area contributed by atoms with Gasteiger partial charge in [0.05, 0.1) is 11.4 Å². The van der Waals surface area contributed by atoms with E-state index >= 15 is 0 Å². The summed E-state index contributed by atoms with van der Waals surface area (Å²) in [5.41, 5.74) is 10.4. The monoisotopic (exact) mass is 256 g/mol. The predicted molar refractivity (Wildman–Crippen MR) is 73.7 cm³/mol. The Labute approximate surface area is 111 Å². The van der Waals surface area contributed by atoms with Gasteiger partial charge in [0.1, 0.15) is 5.52 Å². The predicted octanol–water partition coefficient (Wildman–Crippen LogP) is 2.04. The summed E-state index contributed by atoms with van der Waals surface area (Å²) >= 11 is 0. The van der Waals surface area contributed by atoms with Crippen molar-refractivity contribution in [3.8, 4) is 11.3 Å². The average molecular weight is 256 g/mol. The van der Waals surface area contributed by atoms with Gasteiger partial charge in [0.25, 0.3) is 0 Å². The third-order valence-corrected chi connectivity index (χ3v) is 3.12.